The van der Waals surface area contributed by atoms with Gasteiger partial charge in [-0.3, -0.25) is 4.79 Å². The lowest BCUT2D eigenvalue weighted by Gasteiger charge is -2.12. The van der Waals surface area contributed by atoms with Crippen LogP contribution in [0.4, 0.5) is 0 Å². The molecule has 0 fully saturated rings. The van der Waals surface area contributed by atoms with Crippen LogP contribution in [-0.2, 0) is 16.2 Å². The summed E-state index contributed by atoms with van der Waals surface area (Å²) in [5, 5.41) is 21.8. The Hall–Kier alpha value is -4.35. The van der Waals surface area contributed by atoms with Crippen LogP contribution in [0.2, 0.25) is 0 Å². The molecule has 3 N–H and O–H groups in total. The third kappa shape index (κ3) is 7.08. The number of nitrogens with two attached hydrogens (primary N) is 1. The summed E-state index contributed by atoms with van der Waals surface area (Å²) in [5.41, 5.74) is 9.55. The molecule has 0 saturated heterocycles. The predicted octanol–water partition coefficient (Wildman–Crippen LogP) is 4.04. The molecule has 34 heavy (non-hydrogen) atoms. The molecule has 0 radical (unpaired) electrons. The van der Waals surface area contributed by atoms with Gasteiger partial charge in [0.05, 0.1) is 18.1 Å². The molecule has 8 nitrogen and oxygen atoms in total. The van der Waals surface area contributed by atoms with E-state index in [2.05, 4.69) is 11.2 Å². The topological polar surface area (TPSA) is 127 Å². The first-order chi connectivity index (χ1) is 16.5. The number of benzene rings is 3. The molecule has 0 aromatic heterocycles. The first kappa shape index (κ1) is 24.3. The second-order valence-electron chi connectivity index (χ2n) is 7.40. The summed E-state index contributed by atoms with van der Waals surface area (Å²) in [6, 6.07) is 23.1. The van der Waals surface area contributed by atoms with Gasteiger partial charge in [0.1, 0.15) is 37.5 Å². The highest BCUT2D eigenvalue weighted by atomic mass is 16.6. The molecule has 3 aromatic rings. The summed E-state index contributed by atoms with van der Waals surface area (Å²) < 4.78 is 11.6. The fourth-order valence-electron chi connectivity index (χ4n) is 3.13. The maximum absolute atomic E-state index is 10.8. The van der Waals surface area contributed by atoms with Crippen molar-refractivity contribution in [1.82, 2.24) is 0 Å². The summed E-state index contributed by atoms with van der Waals surface area (Å²) in [5.74, 6) is 0.393. The van der Waals surface area contributed by atoms with Gasteiger partial charge in [-0.15, -0.1) is 0 Å². The molecule has 0 saturated carbocycles. The van der Waals surface area contributed by atoms with E-state index in [0.29, 0.717) is 29.4 Å². The zero-order valence-corrected chi connectivity index (χ0v) is 18.7. The van der Waals surface area contributed by atoms with Crippen molar-refractivity contribution >= 4 is 11.7 Å². The molecule has 0 amide bonds. The molecule has 3 aromatic carbocycles. The van der Waals surface area contributed by atoms with Crippen molar-refractivity contribution in [2.75, 3.05) is 13.7 Å². The Balaban J connectivity index is 1.53. The second kappa shape index (κ2) is 12.0. The van der Waals surface area contributed by atoms with Crippen molar-refractivity contribution in [3.05, 3.63) is 95.1 Å². The van der Waals surface area contributed by atoms with Crippen LogP contribution < -0.4 is 15.2 Å². The van der Waals surface area contributed by atoms with Crippen LogP contribution >= 0.6 is 0 Å². The molecule has 0 spiro atoms. The van der Waals surface area contributed by atoms with Crippen molar-refractivity contribution < 1.29 is 24.2 Å². The number of carboxylic acid groups (broad SMARTS) is 1. The van der Waals surface area contributed by atoms with Crippen LogP contribution in [0, 0.1) is 11.3 Å². The first-order valence-electron chi connectivity index (χ1n) is 10.5. The van der Waals surface area contributed by atoms with E-state index in [4.69, 9.17) is 30.4 Å². The third-order valence-electron chi connectivity index (χ3n) is 4.96. The van der Waals surface area contributed by atoms with Crippen molar-refractivity contribution in [2.24, 2.45) is 10.9 Å². The quantitative estimate of drug-likeness (QED) is 0.327. The Morgan fingerprint density at radius 3 is 2.21 bits per heavy atom. The van der Waals surface area contributed by atoms with Crippen LogP contribution in [0.1, 0.15) is 34.7 Å². The number of hydrogen-bond acceptors (Lipinski definition) is 7. The van der Waals surface area contributed by atoms with Gasteiger partial charge in [0.25, 0.3) is 0 Å². The highest BCUT2D eigenvalue weighted by Crippen LogP contribution is 2.20. The highest BCUT2D eigenvalue weighted by molar-refractivity contribution is 6.01. The van der Waals surface area contributed by atoms with Crippen LogP contribution in [0.3, 0.4) is 0 Å². The van der Waals surface area contributed by atoms with E-state index in [1.165, 1.54) is 7.11 Å². The molecule has 1 unspecified atom stereocenters. The van der Waals surface area contributed by atoms with Gasteiger partial charge >= 0.3 is 5.97 Å². The monoisotopic (exact) mass is 459 g/mol. The zero-order valence-electron chi connectivity index (χ0n) is 18.7. The van der Waals surface area contributed by atoms with Crippen molar-refractivity contribution in [2.45, 2.75) is 19.1 Å². The second-order valence-corrected chi connectivity index (χ2v) is 7.40. The van der Waals surface area contributed by atoms with Gasteiger partial charge in [-0.05, 0) is 47.5 Å². The summed E-state index contributed by atoms with van der Waals surface area (Å²) in [6.07, 6.45) is -0.124. The van der Waals surface area contributed by atoms with Gasteiger partial charge in [-0.1, -0.05) is 41.6 Å². The lowest BCUT2D eigenvalue weighted by atomic mass is 10.0. The number of nitrogens with zero attached hydrogens (tertiary/aromatic N) is 2. The largest absolute Gasteiger partial charge is 0.489 e. The maximum Gasteiger partial charge on any atom is 0.305 e. The standard InChI is InChI=1S/C26H25N3O5/c1-32-29-25(21-6-2-18(15-27)3-7-21)17-34-22-10-4-19(5-11-22)16-33-23-12-8-20(9-13-23)24(28)14-26(30)31/h2-13,24H,14,16-17,28H2,1H3,(H,30,31)/b29-25+. The van der Waals surface area contributed by atoms with Gasteiger partial charge < -0.3 is 25.2 Å². The first-order valence-corrected chi connectivity index (χ1v) is 10.5. The normalized spacial score (nSPS) is 11.9. The molecule has 0 aliphatic rings. The van der Waals surface area contributed by atoms with Gasteiger partial charge in [-0.2, -0.15) is 5.26 Å². The molecule has 0 bridgehead atoms. The van der Waals surface area contributed by atoms with Gasteiger partial charge in [0, 0.05) is 11.6 Å². The van der Waals surface area contributed by atoms with Gasteiger partial charge in [0.15, 0.2) is 0 Å². The van der Waals surface area contributed by atoms with Crippen LogP contribution in [-0.4, -0.2) is 30.5 Å². The maximum atomic E-state index is 10.8. The Bertz CT molecular complexity index is 1150. The fraction of sp³-hybridized carbons (Fsp3) is 0.192. The summed E-state index contributed by atoms with van der Waals surface area (Å²) in [6.45, 7) is 0.564. The molecule has 0 aliphatic carbocycles. The van der Waals surface area contributed by atoms with Crippen molar-refractivity contribution in [1.29, 1.82) is 5.26 Å². The molecule has 0 aliphatic heterocycles. The number of nitriles is 1. The van der Waals surface area contributed by atoms with E-state index in [1.807, 2.05) is 24.3 Å². The number of oxime groups is 1. The highest BCUT2D eigenvalue weighted by Gasteiger charge is 2.11. The minimum Gasteiger partial charge on any atom is -0.489 e. The van der Waals surface area contributed by atoms with Crippen LogP contribution in [0.5, 0.6) is 11.5 Å². The SMILES string of the molecule is CO/N=C(\COc1ccc(COc2ccc(C(N)CC(=O)O)cc2)cc1)c1ccc(C#N)cc1. The minimum atomic E-state index is -0.934. The fourth-order valence-corrected chi connectivity index (χ4v) is 3.13. The number of hydrogen-bond donors (Lipinski definition) is 2. The Kier molecular flexibility index (Phi) is 8.60. The van der Waals surface area contributed by atoms with E-state index < -0.39 is 12.0 Å². The summed E-state index contributed by atoms with van der Waals surface area (Å²) in [4.78, 5) is 15.7. The van der Waals surface area contributed by atoms with Crippen molar-refractivity contribution in [3.63, 3.8) is 0 Å². The van der Waals surface area contributed by atoms with Crippen LogP contribution in [0.25, 0.3) is 0 Å². The third-order valence-corrected chi connectivity index (χ3v) is 4.96. The molecule has 174 valence electrons. The van der Waals surface area contributed by atoms with Gasteiger partial charge in [0.2, 0.25) is 0 Å². The van der Waals surface area contributed by atoms with E-state index in [-0.39, 0.29) is 13.0 Å². The Labute approximate surface area is 197 Å². The van der Waals surface area contributed by atoms with E-state index in [0.717, 1.165) is 16.7 Å². The van der Waals surface area contributed by atoms with Gasteiger partial charge in [-0.25, -0.2) is 0 Å². The average molecular weight is 460 g/mol. The lowest BCUT2D eigenvalue weighted by Crippen LogP contribution is -2.14. The predicted molar refractivity (Wildman–Crippen MR) is 127 cm³/mol. The minimum absolute atomic E-state index is 0.124. The number of rotatable bonds is 11. The van der Waals surface area contributed by atoms with Crippen molar-refractivity contribution in [3.8, 4) is 17.6 Å². The number of ether oxygens (including phenoxy) is 2. The molecular weight excluding hydrogens is 434 g/mol. The van der Waals surface area contributed by atoms with Crippen LogP contribution in [0.15, 0.2) is 78.0 Å². The molecule has 1 atom stereocenters. The number of carboxylic acids is 1. The molecule has 8 heteroatoms. The Morgan fingerprint density at radius 2 is 1.62 bits per heavy atom. The summed E-state index contributed by atoms with van der Waals surface area (Å²) in [7, 11) is 1.47. The smallest absolute Gasteiger partial charge is 0.305 e. The number of carbonyl (C=O) groups is 1. The average Bonchev–Trinajstić information content (AvgIpc) is 2.86. The Morgan fingerprint density at radius 1 is 1.00 bits per heavy atom. The molecule has 0 heterocycles. The van der Waals surface area contributed by atoms with E-state index in [9.17, 15) is 4.79 Å². The zero-order chi connectivity index (χ0) is 24.3. The molecular formula is C26H25N3O5. The number of aliphatic carboxylic acids is 1. The van der Waals surface area contributed by atoms with E-state index >= 15 is 0 Å². The molecule has 3 rings (SSSR count). The lowest BCUT2D eigenvalue weighted by molar-refractivity contribution is -0.137. The summed E-state index contributed by atoms with van der Waals surface area (Å²) >= 11 is 0. The van der Waals surface area contributed by atoms with E-state index in [1.54, 1.807) is 48.5 Å².